The van der Waals surface area contributed by atoms with Crippen molar-refractivity contribution in [2.75, 3.05) is 0 Å². The first kappa shape index (κ1) is 13.2. The van der Waals surface area contributed by atoms with Crippen molar-refractivity contribution in [2.24, 2.45) is 12.2 Å². The van der Waals surface area contributed by atoms with E-state index in [0.29, 0.717) is 5.82 Å². The molecule has 0 bridgehead atoms. The van der Waals surface area contributed by atoms with Gasteiger partial charge in [0, 0.05) is 17.1 Å². The van der Waals surface area contributed by atoms with Crippen LogP contribution in [0.5, 0.6) is 0 Å². The highest BCUT2D eigenvalue weighted by Crippen LogP contribution is 2.28. The number of rotatable bonds is 2. The number of benzene rings is 1. The Labute approximate surface area is 113 Å². The molecule has 2 N–H and O–H groups in total. The van der Waals surface area contributed by atoms with Crippen LogP contribution in [0.4, 0.5) is 0 Å². The maximum Gasteiger partial charge on any atom is 0.273 e. The average molecular weight is 331 g/mol. The largest absolute Gasteiger partial charge is 0.300 e. The zero-order valence-corrected chi connectivity index (χ0v) is 12.2. The molecule has 18 heavy (non-hydrogen) atoms. The van der Waals surface area contributed by atoms with Gasteiger partial charge in [-0.1, -0.05) is 27.6 Å². The van der Waals surface area contributed by atoms with Crippen LogP contribution in [0.2, 0.25) is 0 Å². The molecule has 0 fully saturated rings. The van der Waals surface area contributed by atoms with Gasteiger partial charge in [-0.15, -0.1) is 10.2 Å². The predicted octanol–water partition coefficient (Wildman–Crippen LogP) is 1.20. The van der Waals surface area contributed by atoms with Crippen molar-refractivity contribution in [3.63, 3.8) is 0 Å². The summed E-state index contributed by atoms with van der Waals surface area (Å²) in [5.41, 5.74) is 1.80. The highest BCUT2D eigenvalue weighted by Gasteiger charge is 2.20. The van der Waals surface area contributed by atoms with Crippen molar-refractivity contribution in [3.8, 4) is 11.4 Å². The molecule has 0 aliphatic carbocycles. The van der Waals surface area contributed by atoms with E-state index in [2.05, 4.69) is 26.1 Å². The van der Waals surface area contributed by atoms with Gasteiger partial charge in [0.2, 0.25) is 0 Å². The monoisotopic (exact) mass is 330 g/mol. The number of aromatic nitrogens is 3. The lowest BCUT2D eigenvalue weighted by atomic mass is 10.1. The first-order valence-corrected chi connectivity index (χ1v) is 7.33. The van der Waals surface area contributed by atoms with E-state index in [4.69, 9.17) is 5.14 Å². The summed E-state index contributed by atoms with van der Waals surface area (Å²) in [5.74, 6) is 0.439. The molecule has 0 aliphatic rings. The SMILES string of the molecule is Cc1ccc(Br)c(-c2nnc(S(N)(=O)=O)n2C)c1. The number of primary sulfonamides is 1. The fourth-order valence-electron chi connectivity index (χ4n) is 1.61. The van der Waals surface area contributed by atoms with Crippen LogP contribution in [-0.4, -0.2) is 23.2 Å². The van der Waals surface area contributed by atoms with Gasteiger partial charge in [0.15, 0.2) is 5.82 Å². The molecule has 1 aromatic carbocycles. The third-order valence-corrected chi connectivity index (χ3v) is 4.01. The van der Waals surface area contributed by atoms with E-state index in [1.54, 1.807) is 7.05 Å². The van der Waals surface area contributed by atoms with Crippen LogP contribution in [0.25, 0.3) is 11.4 Å². The fourth-order valence-corrected chi connectivity index (χ4v) is 2.65. The minimum absolute atomic E-state index is 0.258. The Morgan fingerprint density at radius 1 is 1.33 bits per heavy atom. The number of sulfonamides is 1. The van der Waals surface area contributed by atoms with Gasteiger partial charge in [0.05, 0.1) is 0 Å². The van der Waals surface area contributed by atoms with Gasteiger partial charge >= 0.3 is 0 Å². The van der Waals surface area contributed by atoms with E-state index < -0.39 is 10.0 Å². The second-order valence-corrected chi connectivity index (χ2v) is 6.20. The van der Waals surface area contributed by atoms with Gasteiger partial charge in [-0.3, -0.25) is 4.57 Å². The lowest BCUT2D eigenvalue weighted by Crippen LogP contribution is -2.17. The molecule has 1 heterocycles. The fraction of sp³-hybridized carbons (Fsp3) is 0.200. The van der Waals surface area contributed by atoms with Crippen LogP contribution in [-0.2, 0) is 17.1 Å². The molecule has 0 atom stereocenters. The minimum Gasteiger partial charge on any atom is -0.300 e. The van der Waals surface area contributed by atoms with E-state index in [1.807, 2.05) is 25.1 Å². The van der Waals surface area contributed by atoms with Crippen LogP contribution in [0.3, 0.4) is 0 Å². The van der Waals surface area contributed by atoms with Crippen LogP contribution in [0.15, 0.2) is 27.8 Å². The van der Waals surface area contributed by atoms with Crippen LogP contribution in [0, 0.1) is 6.92 Å². The predicted molar refractivity (Wildman–Crippen MR) is 70.2 cm³/mol. The second kappa shape index (κ2) is 4.45. The topological polar surface area (TPSA) is 90.9 Å². The summed E-state index contributed by atoms with van der Waals surface area (Å²) < 4.78 is 24.8. The van der Waals surface area contributed by atoms with Crippen LogP contribution >= 0.6 is 15.9 Å². The zero-order valence-electron chi connectivity index (χ0n) is 9.75. The molecule has 1 aromatic heterocycles. The number of halogens is 1. The van der Waals surface area contributed by atoms with Crippen LogP contribution in [0.1, 0.15) is 5.56 Å². The van der Waals surface area contributed by atoms with Gasteiger partial charge in [0.1, 0.15) is 0 Å². The number of nitrogens with zero attached hydrogens (tertiary/aromatic N) is 3. The summed E-state index contributed by atoms with van der Waals surface area (Å²) in [7, 11) is -2.31. The maximum absolute atomic E-state index is 11.3. The summed E-state index contributed by atoms with van der Waals surface area (Å²) in [5, 5.41) is 12.3. The molecule has 0 saturated heterocycles. The van der Waals surface area contributed by atoms with E-state index in [-0.39, 0.29) is 5.16 Å². The molecule has 0 spiro atoms. The number of nitrogens with two attached hydrogens (primary N) is 1. The minimum atomic E-state index is -3.87. The normalized spacial score (nSPS) is 11.8. The second-order valence-electron chi connectivity index (χ2n) is 3.89. The quantitative estimate of drug-likeness (QED) is 0.895. The molecule has 8 heteroatoms. The molecule has 0 saturated carbocycles. The van der Waals surface area contributed by atoms with Gasteiger partial charge in [0.25, 0.3) is 15.2 Å². The van der Waals surface area contributed by atoms with Crippen molar-refractivity contribution in [1.82, 2.24) is 14.8 Å². The molecular formula is C10H11BrN4O2S. The average Bonchev–Trinajstić information content (AvgIpc) is 2.63. The van der Waals surface area contributed by atoms with Gasteiger partial charge in [-0.25, -0.2) is 13.6 Å². The maximum atomic E-state index is 11.3. The van der Waals surface area contributed by atoms with E-state index in [0.717, 1.165) is 15.6 Å². The van der Waals surface area contributed by atoms with Gasteiger partial charge in [-0.05, 0) is 19.1 Å². The molecular weight excluding hydrogens is 320 g/mol. The van der Waals surface area contributed by atoms with Crippen LogP contribution < -0.4 is 5.14 Å². The number of aryl methyl sites for hydroxylation is 1. The summed E-state index contributed by atoms with van der Waals surface area (Å²) in [6.45, 7) is 1.94. The third-order valence-electron chi connectivity index (χ3n) is 2.45. The Hall–Kier alpha value is -1.25. The van der Waals surface area contributed by atoms with Gasteiger partial charge in [-0.2, -0.15) is 0 Å². The zero-order chi connectivity index (χ0) is 13.5. The van der Waals surface area contributed by atoms with E-state index >= 15 is 0 Å². The molecule has 0 radical (unpaired) electrons. The molecule has 0 aliphatic heterocycles. The molecule has 0 unspecified atom stereocenters. The Kier molecular flexibility index (Phi) is 3.26. The van der Waals surface area contributed by atoms with Crippen molar-refractivity contribution in [1.29, 1.82) is 0 Å². The number of hydrogen-bond donors (Lipinski definition) is 1. The lowest BCUT2D eigenvalue weighted by molar-refractivity contribution is 0.580. The highest BCUT2D eigenvalue weighted by atomic mass is 79.9. The summed E-state index contributed by atoms with van der Waals surface area (Å²) in [6.07, 6.45) is 0. The van der Waals surface area contributed by atoms with E-state index in [1.165, 1.54) is 4.57 Å². The summed E-state index contributed by atoms with van der Waals surface area (Å²) in [4.78, 5) is 0. The standard InChI is InChI=1S/C10H11BrN4O2S/c1-6-3-4-8(11)7(5-6)9-13-14-10(15(9)2)18(12,16)17/h3-5H,1-2H3,(H2,12,16,17). The Morgan fingerprint density at radius 3 is 2.56 bits per heavy atom. The summed E-state index contributed by atoms with van der Waals surface area (Å²) in [6, 6.07) is 5.70. The smallest absolute Gasteiger partial charge is 0.273 e. The third kappa shape index (κ3) is 2.31. The van der Waals surface area contributed by atoms with Crippen molar-refractivity contribution >= 4 is 26.0 Å². The van der Waals surface area contributed by atoms with Crippen molar-refractivity contribution in [2.45, 2.75) is 12.1 Å². The molecule has 6 nitrogen and oxygen atoms in total. The number of hydrogen-bond acceptors (Lipinski definition) is 4. The van der Waals surface area contributed by atoms with E-state index in [9.17, 15) is 8.42 Å². The lowest BCUT2D eigenvalue weighted by Gasteiger charge is -2.05. The molecule has 2 aromatic rings. The first-order chi connectivity index (χ1) is 8.30. The highest BCUT2D eigenvalue weighted by molar-refractivity contribution is 9.10. The molecule has 0 amide bonds. The Balaban J connectivity index is 2.67. The molecule has 96 valence electrons. The van der Waals surface area contributed by atoms with Crippen molar-refractivity contribution < 1.29 is 8.42 Å². The summed E-state index contributed by atoms with van der Waals surface area (Å²) >= 11 is 3.40. The Bertz CT molecular complexity index is 709. The molecule has 2 rings (SSSR count). The first-order valence-electron chi connectivity index (χ1n) is 4.99. The van der Waals surface area contributed by atoms with Crippen molar-refractivity contribution in [3.05, 3.63) is 28.2 Å². The Morgan fingerprint density at radius 2 is 2.00 bits per heavy atom. The van der Waals surface area contributed by atoms with Gasteiger partial charge < -0.3 is 0 Å².